The van der Waals surface area contributed by atoms with E-state index in [0.29, 0.717) is 36.8 Å². The Morgan fingerprint density at radius 3 is 2.76 bits per heavy atom. The van der Waals surface area contributed by atoms with Crippen LogP contribution in [0, 0.1) is 0 Å². The smallest absolute Gasteiger partial charge is 0.329 e. The number of rotatable bonds is 6. The molecule has 2 aromatic rings. The van der Waals surface area contributed by atoms with E-state index in [2.05, 4.69) is 10.3 Å². The number of H-pyrrole nitrogens is 1. The third kappa shape index (κ3) is 3.78. The molecule has 1 aliphatic rings. The summed E-state index contributed by atoms with van der Waals surface area (Å²) in [6.45, 7) is 1.67. The van der Waals surface area contributed by atoms with Crippen LogP contribution in [0.1, 0.15) is 19.3 Å². The van der Waals surface area contributed by atoms with Crippen molar-refractivity contribution in [2.75, 3.05) is 19.6 Å². The van der Waals surface area contributed by atoms with E-state index in [1.165, 1.54) is 4.57 Å². The second-order valence-electron chi connectivity index (χ2n) is 6.05. The van der Waals surface area contributed by atoms with Gasteiger partial charge in [-0.05, 0) is 25.0 Å². The molecule has 1 saturated heterocycles. The van der Waals surface area contributed by atoms with E-state index < -0.39 is 11.2 Å². The summed E-state index contributed by atoms with van der Waals surface area (Å²) in [6, 6.07) is 6.65. The fraction of sp³-hybridized carbons (Fsp3) is 0.412. The Morgan fingerprint density at radius 1 is 1.20 bits per heavy atom. The highest BCUT2D eigenvalue weighted by molar-refractivity contribution is 5.81. The first-order chi connectivity index (χ1) is 12.1. The summed E-state index contributed by atoms with van der Waals surface area (Å²) in [7, 11) is 0. The molecule has 2 amide bonds. The van der Waals surface area contributed by atoms with Crippen LogP contribution in [0.5, 0.6) is 0 Å². The number of hydrogen-bond donors (Lipinski definition) is 2. The molecule has 132 valence electrons. The SMILES string of the molecule is O=C(Cn1c(=O)[nH]c(=O)c2ccccc21)NCCCN1CCCC1=O. The number of hydrogen-bond acceptors (Lipinski definition) is 4. The van der Waals surface area contributed by atoms with Gasteiger partial charge in [0.15, 0.2) is 0 Å². The maximum atomic E-state index is 12.1. The molecular formula is C17H20N4O4. The Morgan fingerprint density at radius 2 is 2.00 bits per heavy atom. The van der Waals surface area contributed by atoms with Crippen molar-refractivity contribution in [3.05, 3.63) is 45.1 Å². The quantitative estimate of drug-likeness (QED) is 0.709. The minimum absolute atomic E-state index is 0.164. The summed E-state index contributed by atoms with van der Waals surface area (Å²) in [5, 5.41) is 3.11. The van der Waals surface area contributed by atoms with Crippen LogP contribution in [0.4, 0.5) is 0 Å². The summed E-state index contributed by atoms with van der Waals surface area (Å²) in [5.74, 6) is -0.148. The third-order valence-electron chi connectivity index (χ3n) is 4.31. The van der Waals surface area contributed by atoms with Gasteiger partial charge in [0, 0.05) is 26.1 Å². The van der Waals surface area contributed by atoms with Crippen molar-refractivity contribution in [1.29, 1.82) is 0 Å². The van der Waals surface area contributed by atoms with Crippen LogP contribution in [-0.2, 0) is 16.1 Å². The molecule has 1 aliphatic heterocycles. The zero-order valence-corrected chi connectivity index (χ0v) is 13.8. The monoisotopic (exact) mass is 344 g/mol. The lowest BCUT2D eigenvalue weighted by molar-refractivity contribution is -0.127. The molecule has 1 aromatic carbocycles. The van der Waals surface area contributed by atoms with Crippen molar-refractivity contribution in [2.45, 2.75) is 25.8 Å². The molecule has 2 N–H and O–H groups in total. The van der Waals surface area contributed by atoms with E-state index in [9.17, 15) is 19.2 Å². The van der Waals surface area contributed by atoms with Crippen LogP contribution in [0.25, 0.3) is 10.9 Å². The normalized spacial score (nSPS) is 14.2. The fourth-order valence-corrected chi connectivity index (χ4v) is 3.04. The molecule has 2 heterocycles. The topological polar surface area (TPSA) is 104 Å². The Balaban J connectivity index is 1.60. The maximum absolute atomic E-state index is 12.1. The lowest BCUT2D eigenvalue weighted by Crippen LogP contribution is -2.37. The molecule has 8 heteroatoms. The summed E-state index contributed by atoms with van der Waals surface area (Å²) in [4.78, 5) is 51.4. The van der Waals surface area contributed by atoms with Gasteiger partial charge in [-0.25, -0.2) is 4.79 Å². The first-order valence-corrected chi connectivity index (χ1v) is 8.32. The number of nitrogens with one attached hydrogen (secondary N) is 2. The van der Waals surface area contributed by atoms with Crippen molar-refractivity contribution in [3.8, 4) is 0 Å². The summed E-state index contributed by atoms with van der Waals surface area (Å²) in [6.07, 6.45) is 2.17. The van der Waals surface area contributed by atoms with Gasteiger partial charge < -0.3 is 10.2 Å². The van der Waals surface area contributed by atoms with E-state index in [0.717, 1.165) is 13.0 Å². The Hall–Kier alpha value is -2.90. The van der Waals surface area contributed by atoms with Crippen molar-refractivity contribution in [3.63, 3.8) is 0 Å². The van der Waals surface area contributed by atoms with Gasteiger partial charge in [-0.15, -0.1) is 0 Å². The molecule has 0 bridgehead atoms. The van der Waals surface area contributed by atoms with Crippen molar-refractivity contribution >= 4 is 22.7 Å². The van der Waals surface area contributed by atoms with Crippen LogP contribution >= 0.6 is 0 Å². The number of aromatic amines is 1. The molecule has 1 aromatic heterocycles. The van der Waals surface area contributed by atoms with Crippen molar-refractivity contribution in [1.82, 2.24) is 19.8 Å². The summed E-state index contributed by atoms with van der Waals surface area (Å²) >= 11 is 0. The van der Waals surface area contributed by atoms with Gasteiger partial charge >= 0.3 is 5.69 Å². The molecule has 8 nitrogen and oxygen atoms in total. The number of carbonyl (C=O) groups is 2. The highest BCUT2D eigenvalue weighted by Gasteiger charge is 2.19. The molecule has 0 aliphatic carbocycles. The first kappa shape index (κ1) is 16.9. The maximum Gasteiger partial charge on any atom is 0.329 e. The van der Waals surface area contributed by atoms with Gasteiger partial charge in [-0.3, -0.25) is 23.9 Å². The Labute approximate surface area is 143 Å². The second-order valence-corrected chi connectivity index (χ2v) is 6.05. The van der Waals surface area contributed by atoms with Gasteiger partial charge in [0.1, 0.15) is 6.54 Å². The van der Waals surface area contributed by atoms with Gasteiger partial charge in [0.25, 0.3) is 5.56 Å². The van der Waals surface area contributed by atoms with E-state index in [-0.39, 0.29) is 18.4 Å². The first-order valence-electron chi connectivity index (χ1n) is 8.32. The fourth-order valence-electron chi connectivity index (χ4n) is 3.04. The lowest BCUT2D eigenvalue weighted by Gasteiger charge is -2.15. The molecule has 1 fully saturated rings. The number of benzene rings is 1. The Kier molecular flexibility index (Phi) is 4.97. The standard InChI is InChI=1S/C17H20N4O4/c22-14(18-8-4-10-20-9-3-7-15(20)23)11-21-13-6-2-1-5-12(13)16(24)19-17(21)25/h1-2,5-6H,3-4,7-11H2,(H,18,22)(H,19,24,25). The van der Waals surface area contributed by atoms with Crippen LogP contribution in [0.3, 0.4) is 0 Å². The summed E-state index contributed by atoms with van der Waals surface area (Å²) < 4.78 is 1.25. The molecule has 25 heavy (non-hydrogen) atoms. The largest absolute Gasteiger partial charge is 0.354 e. The van der Waals surface area contributed by atoms with E-state index >= 15 is 0 Å². The van der Waals surface area contributed by atoms with Crippen LogP contribution in [-0.4, -0.2) is 45.9 Å². The van der Waals surface area contributed by atoms with Crippen molar-refractivity contribution in [2.24, 2.45) is 0 Å². The average Bonchev–Trinajstić information content (AvgIpc) is 3.00. The molecule has 3 rings (SSSR count). The zero-order valence-electron chi connectivity index (χ0n) is 13.8. The number of para-hydroxylation sites is 1. The van der Waals surface area contributed by atoms with Gasteiger partial charge in [-0.2, -0.15) is 0 Å². The third-order valence-corrected chi connectivity index (χ3v) is 4.31. The number of nitrogens with zero attached hydrogens (tertiary/aromatic N) is 2. The van der Waals surface area contributed by atoms with Gasteiger partial charge in [0.2, 0.25) is 11.8 Å². The number of amides is 2. The zero-order chi connectivity index (χ0) is 17.8. The molecule has 0 radical (unpaired) electrons. The average molecular weight is 344 g/mol. The highest BCUT2D eigenvalue weighted by Crippen LogP contribution is 2.09. The highest BCUT2D eigenvalue weighted by atomic mass is 16.2. The minimum atomic E-state index is -0.610. The number of likely N-dealkylation sites (tertiary alicyclic amines) is 1. The second kappa shape index (κ2) is 7.33. The van der Waals surface area contributed by atoms with Crippen LogP contribution in [0.2, 0.25) is 0 Å². The van der Waals surface area contributed by atoms with Crippen LogP contribution in [0.15, 0.2) is 33.9 Å². The lowest BCUT2D eigenvalue weighted by atomic mass is 10.2. The van der Waals surface area contributed by atoms with Gasteiger partial charge in [-0.1, -0.05) is 12.1 Å². The van der Waals surface area contributed by atoms with Crippen molar-refractivity contribution < 1.29 is 9.59 Å². The predicted octanol–water partition coefficient (Wildman–Crippen LogP) is -0.182. The molecule has 0 saturated carbocycles. The Bertz CT molecular complexity index is 915. The molecule has 0 unspecified atom stereocenters. The van der Waals surface area contributed by atoms with E-state index in [1.54, 1.807) is 29.2 Å². The molecule has 0 atom stereocenters. The molecular weight excluding hydrogens is 324 g/mol. The predicted molar refractivity (Wildman–Crippen MR) is 92.3 cm³/mol. The number of aromatic nitrogens is 2. The van der Waals surface area contributed by atoms with Gasteiger partial charge in [0.05, 0.1) is 10.9 Å². The number of fused-ring (bicyclic) bond motifs is 1. The van der Waals surface area contributed by atoms with E-state index in [4.69, 9.17) is 0 Å². The van der Waals surface area contributed by atoms with E-state index in [1.807, 2.05) is 0 Å². The molecule has 0 spiro atoms. The van der Waals surface area contributed by atoms with Crippen LogP contribution < -0.4 is 16.6 Å². The minimum Gasteiger partial charge on any atom is -0.354 e. The number of carbonyl (C=O) groups excluding carboxylic acids is 2. The summed E-state index contributed by atoms with van der Waals surface area (Å²) in [5.41, 5.74) is -0.650.